The van der Waals surface area contributed by atoms with E-state index in [1.165, 1.54) is 4.68 Å². The molecule has 0 radical (unpaired) electrons. The molecule has 26 heavy (non-hydrogen) atoms. The lowest BCUT2D eigenvalue weighted by molar-refractivity contribution is -0.120. The van der Waals surface area contributed by atoms with Crippen LogP contribution in [0.4, 0.5) is 0 Å². The summed E-state index contributed by atoms with van der Waals surface area (Å²) in [6.45, 7) is 0.503. The molecule has 1 amide bonds. The van der Waals surface area contributed by atoms with E-state index in [9.17, 15) is 9.59 Å². The van der Waals surface area contributed by atoms with Crippen molar-refractivity contribution in [2.24, 2.45) is 7.05 Å². The molecular weight excluding hydrogens is 330 g/mol. The Hall–Kier alpha value is -3.15. The number of amides is 1. The minimum Gasteiger partial charge on any atom is -0.496 e. The average Bonchev–Trinajstić information content (AvgIpc) is 2.66. The van der Waals surface area contributed by atoms with Crippen molar-refractivity contribution in [2.75, 3.05) is 13.7 Å². The molecule has 1 heterocycles. The lowest BCUT2D eigenvalue weighted by atomic mass is 10.1. The summed E-state index contributed by atoms with van der Waals surface area (Å²) < 4.78 is 6.59. The number of ether oxygens (including phenoxy) is 1. The highest BCUT2D eigenvalue weighted by Crippen LogP contribution is 2.17. The number of aromatic nitrogens is 2. The first-order valence-corrected chi connectivity index (χ1v) is 8.43. The number of methoxy groups -OCH3 is 1. The summed E-state index contributed by atoms with van der Waals surface area (Å²) in [5.41, 5.74) is 1.47. The molecule has 0 aliphatic carbocycles. The number of aryl methyl sites for hydroxylation is 1. The van der Waals surface area contributed by atoms with E-state index in [4.69, 9.17) is 4.74 Å². The summed E-state index contributed by atoms with van der Waals surface area (Å²) in [5, 5.41) is 8.45. The van der Waals surface area contributed by atoms with E-state index >= 15 is 0 Å². The van der Waals surface area contributed by atoms with Gasteiger partial charge in [0.25, 0.3) is 5.56 Å². The van der Waals surface area contributed by atoms with E-state index in [0.717, 1.165) is 16.7 Å². The van der Waals surface area contributed by atoms with Crippen molar-refractivity contribution in [1.82, 2.24) is 15.1 Å². The molecule has 0 saturated heterocycles. The Morgan fingerprint density at radius 2 is 1.81 bits per heavy atom. The maximum absolute atomic E-state index is 12.3. The van der Waals surface area contributed by atoms with Gasteiger partial charge >= 0.3 is 0 Å². The van der Waals surface area contributed by atoms with Gasteiger partial charge < -0.3 is 10.1 Å². The van der Waals surface area contributed by atoms with Crippen molar-refractivity contribution in [3.05, 3.63) is 70.1 Å². The van der Waals surface area contributed by atoms with Crippen LogP contribution in [0.1, 0.15) is 11.3 Å². The number of hydrogen-bond donors (Lipinski definition) is 1. The highest BCUT2D eigenvalue weighted by molar-refractivity contribution is 5.88. The number of fused-ring (bicyclic) bond motifs is 1. The molecule has 0 aliphatic heterocycles. The van der Waals surface area contributed by atoms with Gasteiger partial charge in [-0.15, -0.1) is 0 Å². The second-order valence-electron chi connectivity index (χ2n) is 6.01. The summed E-state index contributed by atoms with van der Waals surface area (Å²) in [5.74, 6) is 0.684. The predicted octanol–water partition coefficient (Wildman–Crippen LogP) is 1.84. The Kier molecular flexibility index (Phi) is 5.31. The molecule has 0 spiro atoms. The molecule has 0 saturated carbocycles. The van der Waals surface area contributed by atoms with Crippen molar-refractivity contribution in [3.63, 3.8) is 0 Å². The lowest BCUT2D eigenvalue weighted by Gasteiger charge is -2.10. The third kappa shape index (κ3) is 3.74. The van der Waals surface area contributed by atoms with Gasteiger partial charge in [-0.25, -0.2) is 4.68 Å². The molecule has 6 heteroatoms. The van der Waals surface area contributed by atoms with Gasteiger partial charge in [-0.1, -0.05) is 36.4 Å². The molecule has 2 aromatic carbocycles. The average molecular weight is 351 g/mol. The summed E-state index contributed by atoms with van der Waals surface area (Å²) in [6.07, 6.45) is 0.803. The fourth-order valence-electron chi connectivity index (χ4n) is 2.97. The molecular formula is C20H21N3O3. The summed E-state index contributed by atoms with van der Waals surface area (Å²) >= 11 is 0. The second-order valence-corrected chi connectivity index (χ2v) is 6.01. The third-order valence-corrected chi connectivity index (χ3v) is 4.27. The zero-order chi connectivity index (χ0) is 18.5. The van der Waals surface area contributed by atoms with Crippen LogP contribution in [0, 0.1) is 0 Å². The van der Waals surface area contributed by atoms with Gasteiger partial charge in [0.15, 0.2) is 0 Å². The third-order valence-electron chi connectivity index (χ3n) is 4.27. The summed E-state index contributed by atoms with van der Waals surface area (Å²) in [4.78, 5) is 24.5. The largest absolute Gasteiger partial charge is 0.496 e. The Labute approximate surface area is 151 Å². The second kappa shape index (κ2) is 7.82. The Morgan fingerprint density at radius 1 is 1.12 bits per heavy atom. The molecule has 3 aromatic rings. The van der Waals surface area contributed by atoms with E-state index < -0.39 is 0 Å². The monoisotopic (exact) mass is 351 g/mol. The molecule has 0 aliphatic rings. The van der Waals surface area contributed by atoms with Crippen LogP contribution in [0.15, 0.2) is 53.3 Å². The van der Waals surface area contributed by atoms with Crippen LogP contribution in [-0.2, 0) is 24.7 Å². The number of hydrogen-bond acceptors (Lipinski definition) is 4. The van der Waals surface area contributed by atoms with E-state index in [1.54, 1.807) is 26.3 Å². The molecule has 0 atom stereocenters. The number of nitrogens with one attached hydrogen (secondary N) is 1. The fourth-order valence-corrected chi connectivity index (χ4v) is 2.97. The molecule has 3 rings (SSSR count). The fraction of sp³-hybridized carbons (Fsp3) is 0.250. The summed E-state index contributed by atoms with van der Waals surface area (Å²) in [7, 11) is 3.23. The zero-order valence-corrected chi connectivity index (χ0v) is 14.9. The van der Waals surface area contributed by atoms with Gasteiger partial charge in [0, 0.05) is 19.0 Å². The minimum absolute atomic E-state index is 0.126. The lowest BCUT2D eigenvalue weighted by Crippen LogP contribution is -2.29. The van der Waals surface area contributed by atoms with E-state index in [0.29, 0.717) is 24.0 Å². The van der Waals surface area contributed by atoms with E-state index in [2.05, 4.69) is 10.4 Å². The smallest absolute Gasteiger partial charge is 0.274 e. The van der Waals surface area contributed by atoms with Crippen molar-refractivity contribution >= 4 is 16.7 Å². The molecule has 134 valence electrons. The molecule has 0 unspecified atom stereocenters. The molecule has 0 fully saturated rings. The first kappa shape index (κ1) is 17.7. The maximum Gasteiger partial charge on any atom is 0.274 e. The highest BCUT2D eigenvalue weighted by Gasteiger charge is 2.12. The topological polar surface area (TPSA) is 73.2 Å². The van der Waals surface area contributed by atoms with Gasteiger partial charge in [0.05, 0.1) is 24.6 Å². The Morgan fingerprint density at radius 3 is 2.58 bits per heavy atom. The Bertz CT molecular complexity index is 995. The number of benzene rings is 2. The predicted molar refractivity (Wildman–Crippen MR) is 100 cm³/mol. The zero-order valence-electron chi connectivity index (χ0n) is 14.9. The normalized spacial score (nSPS) is 10.7. The van der Waals surface area contributed by atoms with Gasteiger partial charge in [0.2, 0.25) is 5.91 Å². The number of carbonyl (C=O) groups excluding carboxylic acids is 1. The van der Waals surface area contributed by atoms with Gasteiger partial charge in [-0.2, -0.15) is 5.10 Å². The van der Waals surface area contributed by atoms with Gasteiger partial charge in [0.1, 0.15) is 5.75 Å². The maximum atomic E-state index is 12.3. The van der Waals surface area contributed by atoms with Crippen molar-refractivity contribution in [1.29, 1.82) is 0 Å². The van der Waals surface area contributed by atoms with Crippen LogP contribution in [0.5, 0.6) is 5.75 Å². The molecule has 1 N–H and O–H groups in total. The van der Waals surface area contributed by atoms with Crippen LogP contribution in [-0.4, -0.2) is 29.3 Å². The molecule has 0 bridgehead atoms. The van der Waals surface area contributed by atoms with Crippen LogP contribution >= 0.6 is 0 Å². The molecule has 1 aromatic heterocycles. The Balaban J connectivity index is 1.68. The number of rotatable bonds is 6. The quantitative estimate of drug-likeness (QED) is 0.735. The first-order chi connectivity index (χ1) is 12.6. The van der Waals surface area contributed by atoms with E-state index in [-0.39, 0.29) is 17.9 Å². The molecule has 6 nitrogen and oxygen atoms in total. The number of para-hydroxylation sites is 1. The van der Waals surface area contributed by atoms with Crippen LogP contribution in [0.3, 0.4) is 0 Å². The van der Waals surface area contributed by atoms with Crippen LogP contribution < -0.4 is 15.6 Å². The number of carbonyl (C=O) groups is 1. The summed E-state index contributed by atoms with van der Waals surface area (Å²) in [6, 6.07) is 15.0. The van der Waals surface area contributed by atoms with Crippen molar-refractivity contribution in [3.8, 4) is 5.75 Å². The van der Waals surface area contributed by atoms with Gasteiger partial charge in [-0.05, 0) is 24.1 Å². The van der Waals surface area contributed by atoms with Crippen molar-refractivity contribution in [2.45, 2.75) is 12.8 Å². The van der Waals surface area contributed by atoms with Gasteiger partial charge in [-0.3, -0.25) is 9.59 Å². The van der Waals surface area contributed by atoms with E-state index in [1.807, 2.05) is 36.4 Å². The first-order valence-electron chi connectivity index (χ1n) is 8.43. The minimum atomic E-state index is -0.166. The van der Waals surface area contributed by atoms with Crippen molar-refractivity contribution < 1.29 is 9.53 Å². The number of nitrogens with zero attached hydrogens (tertiary/aromatic N) is 2. The SMILES string of the molecule is COc1ccccc1CCNC(=O)Cc1nn(C)c(=O)c2ccccc12. The standard InChI is InChI=1S/C20H21N3O3/c1-23-20(25)16-9-5-4-8-15(16)17(22-23)13-19(24)21-12-11-14-7-3-6-10-18(14)26-2/h3-10H,11-13H2,1-2H3,(H,21,24). The van der Waals surface area contributed by atoms with Crippen LogP contribution in [0.2, 0.25) is 0 Å². The van der Waals surface area contributed by atoms with Crippen LogP contribution in [0.25, 0.3) is 10.8 Å². The highest BCUT2D eigenvalue weighted by atomic mass is 16.5.